The summed E-state index contributed by atoms with van der Waals surface area (Å²) in [5.41, 5.74) is 0. The normalized spacial score (nSPS) is 10.0. The van der Waals surface area contributed by atoms with Crippen molar-refractivity contribution in [3.05, 3.63) is 11.4 Å². The minimum atomic E-state index is 1.13. The summed E-state index contributed by atoms with van der Waals surface area (Å²) in [7, 11) is 0. The van der Waals surface area contributed by atoms with E-state index in [1.165, 1.54) is 4.90 Å². The molecule has 0 saturated carbocycles. The first-order chi connectivity index (χ1) is 4.34. The summed E-state index contributed by atoms with van der Waals surface area (Å²) in [5, 5.41) is 2.07. The van der Waals surface area contributed by atoms with Crippen molar-refractivity contribution in [2.75, 3.05) is 5.75 Å². The Morgan fingerprint density at radius 1 is 1.78 bits per heavy atom. The third-order valence-electron chi connectivity index (χ3n) is 0.910. The largest absolute Gasteiger partial charge is 0.136 e. The first-order valence-electron chi connectivity index (χ1n) is 2.74. The molecule has 0 aliphatic rings. The fourth-order valence-electron chi connectivity index (χ4n) is 0.555. The van der Waals surface area contributed by atoms with E-state index in [9.17, 15) is 0 Å². The Labute approximate surface area is 69.1 Å². The number of hydrogen-bond acceptors (Lipinski definition) is 3. The SMILES string of the molecule is CCSc1ccsc1S. The molecule has 1 aromatic heterocycles. The lowest BCUT2D eigenvalue weighted by molar-refractivity contribution is 1.39. The quantitative estimate of drug-likeness (QED) is 0.533. The molecule has 0 amide bonds. The second-order valence-electron chi connectivity index (χ2n) is 1.52. The van der Waals surface area contributed by atoms with Crippen molar-refractivity contribution in [3.8, 4) is 0 Å². The van der Waals surface area contributed by atoms with Crippen molar-refractivity contribution in [1.29, 1.82) is 0 Å². The predicted molar refractivity (Wildman–Crippen MR) is 48.0 cm³/mol. The van der Waals surface area contributed by atoms with Crippen LogP contribution in [0.2, 0.25) is 0 Å². The molecule has 0 atom stereocenters. The lowest BCUT2D eigenvalue weighted by atomic mass is 10.7. The van der Waals surface area contributed by atoms with Gasteiger partial charge in [0.1, 0.15) is 0 Å². The number of thiophene rings is 1. The molecule has 0 aliphatic carbocycles. The van der Waals surface area contributed by atoms with Crippen molar-refractivity contribution < 1.29 is 0 Å². The van der Waals surface area contributed by atoms with Gasteiger partial charge in [-0.2, -0.15) is 0 Å². The average molecular weight is 176 g/mol. The zero-order valence-corrected chi connectivity index (χ0v) is 7.65. The predicted octanol–water partition coefficient (Wildman–Crippen LogP) is 3.15. The molecule has 9 heavy (non-hydrogen) atoms. The highest BCUT2D eigenvalue weighted by Gasteiger charge is 1.96. The van der Waals surface area contributed by atoms with Crippen LogP contribution in [-0.2, 0) is 0 Å². The summed E-state index contributed by atoms with van der Waals surface area (Å²) >= 11 is 7.81. The molecule has 0 bridgehead atoms. The van der Waals surface area contributed by atoms with Crippen LogP contribution in [0.5, 0.6) is 0 Å². The van der Waals surface area contributed by atoms with Crippen LogP contribution in [0, 0.1) is 0 Å². The zero-order valence-electron chi connectivity index (χ0n) is 5.13. The zero-order chi connectivity index (χ0) is 6.69. The van der Waals surface area contributed by atoms with E-state index < -0.39 is 0 Å². The number of rotatable bonds is 2. The lowest BCUT2D eigenvalue weighted by Crippen LogP contribution is -1.65. The molecule has 0 saturated heterocycles. The van der Waals surface area contributed by atoms with Gasteiger partial charge in [-0.3, -0.25) is 0 Å². The van der Waals surface area contributed by atoms with E-state index in [4.69, 9.17) is 0 Å². The van der Waals surface area contributed by atoms with Crippen LogP contribution in [-0.4, -0.2) is 5.75 Å². The maximum absolute atomic E-state index is 4.28. The number of hydrogen-bond donors (Lipinski definition) is 1. The summed E-state index contributed by atoms with van der Waals surface area (Å²) in [6.07, 6.45) is 0. The van der Waals surface area contributed by atoms with Crippen molar-refractivity contribution in [1.82, 2.24) is 0 Å². The Morgan fingerprint density at radius 2 is 2.56 bits per heavy atom. The summed E-state index contributed by atoms with van der Waals surface area (Å²) in [5.74, 6) is 1.13. The Balaban J connectivity index is 2.69. The van der Waals surface area contributed by atoms with Crippen molar-refractivity contribution >= 4 is 35.7 Å². The minimum Gasteiger partial charge on any atom is -0.136 e. The van der Waals surface area contributed by atoms with Crippen molar-refractivity contribution in [2.24, 2.45) is 0 Å². The Hall–Kier alpha value is 0.400. The van der Waals surface area contributed by atoms with Crippen molar-refractivity contribution in [3.63, 3.8) is 0 Å². The summed E-state index contributed by atoms with van der Waals surface area (Å²) in [6.45, 7) is 2.15. The van der Waals surface area contributed by atoms with E-state index in [2.05, 4.69) is 31.0 Å². The second-order valence-corrected chi connectivity index (χ2v) is 4.49. The van der Waals surface area contributed by atoms with Gasteiger partial charge in [-0.15, -0.1) is 35.7 Å². The molecule has 0 aliphatic heterocycles. The molecular weight excluding hydrogens is 168 g/mol. The monoisotopic (exact) mass is 176 g/mol. The molecule has 50 valence electrons. The summed E-state index contributed by atoms with van der Waals surface area (Å²) < 4.78 is 1.14. The maximum Gasteiger partial charge on any atom is 0.0704 e. The third kappa shape index (κ3) is 1.92. The van der Waals surface area contributed by atoms with Crippen LogP contribution in [0.25, 0.3) is 0 Å². The molecule has 0 radical (unpaired) electrons. The fourth-order valence-corrected chi connectivity index (χ4v) is 2.53. The van der Waals surface area contributed by atoms with Gasteiger partial charge in [0, 0.05) is 4.90 Å². The molecule has 3 heteroatoms. The van der Waals surface area contributed by atoms with Gasteiger partial charge in [0.2, 0.25) is 0 Å². The molecule has 0 aromatic carbocycles. The molecule has 0 N–H and O–H groups in total. The van der Waals surface area contributed by atoms with E-state index in [1.54, 1.807) is 11.3 Å². The fraction of sp³-hybridized carbons (Fsp3) is 0.333. The third-order valence-corrected chi connectivity index (χ3v) is 3.40. The number of thiol groups is 1. The highest BCUT2D eigenvalue weighted by atomic mass is 32.2. The van der Waals surface area contributed by atoms with E-state index in [0.717, 1.165) is 9.96 Å². The van der Waals surface area contributed by atoms with Gasteiger partial charge in [0.25, 0.3) is 0 Å². The highest BCUT2D eigenvalue weighted by Crippen LogP contribution is 2.29. The van der Waals surface area contributed by atoms with E-state index in [1.807, 2.05) is 11.8 Å². The van der Waals surface area contributed by atoms with Crippen molar-refractivity contribution in [2.45, 2.75) is 16.0 Å². The maximum atomic E-state index is 4.28. The van der Waals surface area contributed by atoms with Gasteiger partial charge in [0.05, 0.1) is 4.21 Å². The molecule has 1 aromatic rings. The van der Waals surface area contributed by atoms with Gasteiger partial charge >= 0.3 is 0 Å². The number of thioether (sulfide) groups is 1. The Morgan fingerprint density at radius 3 is 3.00 bits per heavy atom. The Kier molecular flexibility index (Phi) is 2.95. The minimum absolute atomic E-state index is 1.13. The first-order valence-corrected chi connectivity index (χ1v) is 5.05. The molecule has 0 nitrogen and oxygen atoms in total. The first kappa shape index (κ1) is 7.51. The molecular formula is C6H8S3. The summed E-state index contributed by atoms with van der Waals surface area (Å²) in [6, 6.07) is 2.11. The molecule has 0 unspecified atom stereocenters. The molecule has 1 rings (SSSR count). The van der Waals surface area contributed by atoms with Gasteiger partial charge in [-0.1, -0.05) is 6.92 Å². The highest BCUT2D eigenvalue weighted by molar-refractivity contribution is 8.00. The van der Waals surface area contributed by atoms with Crippen LogP contribution < -0.4 is 0 Å². The van der Waals surface area contributed by atoms with Gasteiger partial charge in [-0.05, 0) is 17.2 Å². The molecule has 0 fully saturated rings. The molecule has 0 spiro atoms. The van der Waals surface area contributed by atoms with E-state index in [0.29, 0.717) is 0 Å². The van der Waals surface area contributed by atoms with Gasteiger partial charge in [-0.25, -0.2) is 0 Å². The van der Waals surface area contributed by atoms with E-state index in [-0.39, 0.29) is 0 Å². The van der Waals surface area contributed by atoms with Crippen LogP contribution in [0.4, 0.5) is 0 Å². The van der Waals surface area contributed by atoms with Gasteiger partial charge in [0.15, 0.2) is 0 Å². The van der Waals surface area contributed by atoms with Crippen LogP contribution in [0.1, 0.15) is 6.92 Å². The Bertz CT molecular complexity index is 180. The van der Waals surface area contributed by atoms with E-state index >= 15 is 0 Å². The smallest absolute Gasteiger partial charge is 0.0704 e. The second kappa shape index (κ2) is 3.54. The lowest BCUT2D eigenvalue weighted by Gasteiger charge is -1.91. The molecule has 1 heterocycles. The van der Waals surface area contributed by atoms with Gasteiger partial charge < -0.3 is 0 Å². The van der Waals surface area contributed by atoms with Crippen LogP contribution in [0.3, 0.4) is 0 Å². The standard InChI is InChI=1S/C6H8S3/c1-2-8-5-3-4-9-6(5)7/h3-4,7H,2H2,1H3. The van der Waals surface area contributed by atoms with Crippen LogP contribution >= 0.6 is 35.7 Å². The topological polar surface area (TPSA) is 0 Å². The summed E-state index contributed by atoms with van der Waals surface area (Å²) in [4.78, 5) is 1.31. The van der Waals surface area contributed by atoms with Crippen LogP contribution in [0.15, 0.2) is 20.6 Å². The average Bonchev–Trinajstić information content (AvgIpc) is 2.18.